The summed E-state index contributed by atoms with van der Waals surface area (Å²) in [5, 5.41) is 0.498. The number of para-hydroxylation sites is 1. The molecule has 0 N–H and O–H groups in total. The molecule has 0 aliphatic carbocycles. The zero-order chi connectivity index (χ0) is 15.7. The number of anilines is 1. The van der Waals surface area contributed by atoms with Gasteiger partial charge in [0.2, 0.25) is 0 Å². The van der Waals surface area contributed by atoms with Crippen LogP contribution in [0, 0.1) is 11.6 Å². The SMILES string of the molecule is CCN(C(=O)c1ccc(F)cc1F)c1nc2ccccc2s1. The highest BCUT2D eigenvalue weighted by atomic mass is 32.1. The molecule has 1 amide bonds. The molecule has 22 heavy (non-hydrogen) atoms. The van der Waals surface area contributed by atoms with E-state index in [4.69, 9.17) is 0 Å². The Balaban J connectivity index is 2.01. The number of rotatable bonds is 3. The van der Waals surface area contributed by atoms with Gasteiger partial charge >= 0.3 is 0 Å². The molecule has 3 rings (SSSR count). The lowest BCUT2D eigenvalue weighted by Gasteiger charge is -2.17. The lowest BCUT2D eigenvalue weighted by molar-refractivity contribution is 0.0984. The number of carbonyl (C=O) groups is 1. The minimum absolute atomic E-state index is 0.164. The molecule has 0 fully saturated rings. The predicted molar refractivity (Wildman–Crippen MR) is 83.3 cm³/mol. The molecule has 3 aromatic rings. The first-order valence-electron chi connectivity index (χ1n) is 6.72. The number of hydrogen-bond acceptors (Lipinski definition) is 3. The maximum Gasteiger partial charge on any atom is 0.263 e. The molecule has 6 heteroatoms. The number of hydrogen-bond donors (Lipinski definition) is 0. The third kappa shape index (κ3) is 2.57. The van der Waals surface area contributed by atoms with Crippen LogP contribution < -0.4 is 4.90 Å². The summed E-state index contributed by atoms with van der Waals surface area (Å²) in [6.45, 7) is 2.13. The Labute approximate surface area is 129 Å². The fourth-order valence-electron chi connectivity index (χ4n) is 2.15. The van der Waals surface area contributed by atoms with Gasteiger partial charge in [-0.3, -0.25) is 9.69 Å². The molecule has 0 spiro atoms. The third-order valence-corrected chi connectivity index (χ3v) is 4.30. The van der Waals surface area contributed by atoms with Crippen LogP contribution in [0.25, 0.3) is 10.2 Å². The lowest BCUT2D eigenvalue weighted by Crippen LogP contribution is -2.31. The summed E-state index contributed by atoms with van der Waals surface area (Å²) in [7, 11) is 0. The minimum Gasteiger partial charge on any atom is -0.284 e. The highest BCUT2D eigenvalue weighted by Gasteiger charge is 2.22. The molecule has 0 saturated heterocycles. The second kappa shape index (κ2) is 5.81. The molecule has 0 radical (unpaired) electrons. The van der Waals surface area contributed by atoms with Crippen molar-refractivity contribution in [1.82, 2.24) is 4.98 Å². The van der Waals surface area contributed by atoms with Crippen molar-refractivity contribution in [1.29, 1.82) is 0 Å². The van der Waals surface area contributed by atoms with Crippen molar-refractivity contribution in [3.8, 4) is 0 Å². The van der Waals surface area contributed by atoms with Gasteiger partial charge in [-0.05, 0) is 31.2 Å². The van der Waals surface area contributed by atoms with Gasteiger partial charge in [0.05, 0.1) is 15.8 Å². The van der Waals surface area contributed by atoms with E-state index in [2.05, 4.69) is 4.98 Å². The molecule has 3 nitrogen and oxygen atoms in total. The van der Waals surface area contributed by atoms with E-state index in [-0.39, 0.29) is 5.56 Å². The molecule has 1 heterocycles. The molecule has 0 unspecified atom stereocenters. The van der Waals surface area contributed by atoms with Crippen LogP contribution in [0.5, 0.6) is 0 Å². The van der Waals surface area contributed by atoms with Gasteiger partial charge in [0.1, 0.15) is 11.6 Å². The largest absolute Gasteiger partial charge is 0.284 e. The van der Waals surface area contributed by atoms with Crippen molar-refractivity contribution in [3.63, 3.8) is 0 Å². The quantitative estimate of drug-likeness (QED) is 0.723. The Bertz CT molecular complexity index is 814. The molecular formula is C16H12F2N2OS. The number of aromatic nitrogens is 1. The minimum atomic E-state index is -0.871. The van der Waals surface area contributed by atoms with E-state index >= 15 is 0 Å². The number of nitrogens with zero attached hydrogens (tertiary/aromatic N) is 2. The van der Waals surface area contributed by atoms with Gasteiger partial charge in [-0.25, -0.2) is 13.8 Å². The molecule has 0 bridgehead atoms. The first-order chi connectivity index (χ1) is 10.6. The fourth-order valence-corrected chi connectivity index (χ4v) is 3.18. The summed E-state index contributed by atoms with van der Waals surface area (Å²) >= 11 is 1.36. The molecule has 1 aromatic heterocycles. The Morgan fingerprint density at radius 2 is 2.00 bits per heavy atom. The second-order valence-corrected chi connectivity index (χ2v) is 5.65. The van der Waals surface area contributed by atoms with Gasteiger partial charge in [-0.2, -0.15) is 0 Å². The Kier molecular flexibility index (Phi) is 3.85. The summed E-state index contributed by atoms with van der Waals surface area (Å²) in [4.78, 5) is 18.3. The van der Waals surface area contributed by atoms with Crippen molar-refractivity contribution in [3.05, 3.63) is 59.7 Å². The second-order valence-electron chi connectivity index (χ2n) is 4.64. The number of carbonyl (C=O) groups excluding carboxylic acids is 1. The van der Waals surface area contributed by atoms with E-state index in [1.165, 1.54) is 16.2 Å². The van der Waals surface area contributed by atoms with Crippen LogP contribution in [0.3, 0.4) is 0 Å². The van der Waals surface area contributed by atoms with Crippen molar-refractivity contribution in [2.24, 2.45) is 0 Å². The van der Waals surface area contributed by atoms with Gasteiger partial charge in [0.15, 0.2) is 5.13 Å². The lowest BCUT2D eigenvalue weighted by atomic mass is 10.2. The normalized spacial score (nSPS) is 10.9. The number of benzene rings is 2. The van der Waals surface area contributed by atoms with Crippen LogP contribution in [0.1, 0.15) is 17.3 Å². The van der Waals surface area contributed by atoms with Gasteiger partial charge in [0.25, 0.3) is 5.91 Å². The van der Waals surface area contributed by atoms with Gasteiger partial charge < -0.3 is 0 Å². The summed E-state index contributed by atoms with van der Waals surface area (Å²) in [5.74, 6) is -2.11. The highest BCUT2D eigenvalue weighted by Crippen LogP contribution is 2.29. The summed E-state index contributed by atoms with van der Waals surface area (Å²) in [6.07, 6.45) is 0. The molecule has 0 aliphatic heterocycles. The van der Waals surface area contributed by atoms with E-state index < -0.39 is 17.5 Å². The number of thiazole rings is 1. The van der Waals surface area contributed by atoms with Crippen LogP contribution >= 0.6 is 11.3 Å². The molecule has 0 atom stereocenters. The first-order valence-corrected chi connectivity index (χ1v) is 7.54. The standard InChI is InChI=1S/C16H12F2N2OS/c1-2-20(15(21)11-8-7-10(17)9-12(11)18)16-19-13-5-3-4-6-14(13)22-16/h3-9H,2H2,1H3. The predicted octanol–water partition coefficient (Wildman–Crippen LogP) is 4.24. The van der Waals surface area contributed by atoms with Crippen molar-refractivity contribution >= 4 is 32.6 Å². The van der Waals surface area contributed by atoms with Crippen LogP contribution in [0.15, 0.2) is 42.5 Å². The third-order valence-electron chi connectivity index (χ3n) is 3.24. The van der Waals surface area contributed by atoms with E-state index in [1.807, 2.05) is 24.3 Å². The molecule has 112 valence electrons. The van der Waals surface area contributed by atoms with Crippen molar-refractivity contribution < 1.29 is 13.6 Å². The zero-order valence-electron chi connectivity index (χ0n) is 11.7. The Morgan fingerprint density at radius 1 is 1.23 bits per heavy atom. The Morgan fingerprint density at radius 3 is 2.68 bits per heavy atom. The average Bonchev–Trinajstić information content (AvgIpc) is 2.91. The molecule has 2 aromatic carbocycles. The van der Waals surface area contributed by atoms with Crippen LogP contribution in [0.2, 0.25) is 0 Å². The average molecular weight is 318 g/mol. The van der Waals surface area contributed by atoms with Gasteiger partial charge in [-0.1, -0.05) is 23.5 Å². The molecular weight excluding hydrogens is 306 g/mol. The highest BCUT2D eigenvalue weighted by molar-refractivity contribution is 7.22. The topological polar surface area (TPSA) is 33.2 Å². The van der Waals surface area contributed by atoms with Crippen molar-refractivity contribution in [2.45, 2.75) is 6.92 Å². The van der Waals surface area contributed by atoms with E-state index in [0.717, 1.165) is 22.3 Å². The van der Waals surface area contributed by atoms with E-state index in [9.17, 15) is 13.6 Å². The smallest absolute Gasteiger partial charge is 0.263 e. The first kappa shape index (κ1) is 14.6. The summed E-state index contributed by atoms with van der Waals surface area (Å²) < 4.78 is 27.7. The van der Waals surface area contributed by atoms with E-state index in [0.29, 0.717) is 17.7 Å². The Hall–Kier alpha value is -2.34. The maximum atomic E-state index is 13.8. The maximum absolute atomic E-state index is 13.8. The van der Waals surface area contributed by atoms with E-state index in [1.54, 1.807) is 6.92 Å². The monoisotopic (exact) mass is 318 g/mol. The number of amides is 1. The molecule has 0 aliphatic rings. The summed E-state index contributed by atoms with van der Waals surface area (Å²) in [5.41, 5.74) is 0.621. The van der Waals surface area contributed by atoms with Crippen molar-refractivity contribution in [2.75, 3.05) is 11.4 Å². The fraction of sp³-hybridized carbons (Fsp3) is 0.125. The van der Waals surface area contributed by atoms with Crippen LogP contribution in [0.4, 0.5) is 13.9 Å². The zero-order valence-corrected chi connectivity index (χ0v) is 12.5. The number of halogens is 2. The van der Waals surface area contributed by atoms with Gasteiger partial charge in [0, 0.05) is 12.6 Å². The van der Waals surface area contributed by atoms with Crippen LogP contribution in [-0.2, 0) is 0 Å². The van der Waals surface area contributed by atoms with Crippen LogP contribution in [-0.4, -0.2) is 17.4 Å². The summed E-state index contributed by atoms with van der Waals surface area (Å²) in [6, 6.07) is 10.5. The number of fused-ring (bicyclic) bond motifs is 1. The van der Waals surface area contributed by atoms with Gasteiger partial charge in [-0.15, -0.1) is 0 Å². The molecule has 0 saturated carbocycles.